The Bertz CT molecular complexity index is 1400. The summed E-state index contributed by atoms with van der Waals surface area (Å²) in [5.74, 6) is 1.82. The van der Waals surface area contributed by atoms with Crippen molar-refractivity contribution in [2.75, 3.05) is 29.2 Å². The van der Waals surface area contributed by atoms with Crippen molar-refractivity contribution < 1.29 is 22.4 Å². The maximum absolute atomic E-state index is 12.5. The maximum atomic E-state index is 12.5. The van der Waals surface area contributed by atoms with E-state index in [1.807, 2.05) is 10.6 Å². The lowest BCUT2D eigenvalue weighted by Gasteiger charge is -2.10. The molecule has 1 amide bonds. The summed E-state index contributed by atoms with van der Waals surface area (Å²) in [6, 6.07) is 17.5. The van der Waals surface area contributed by atoms with E-state index < -0.39 is 10.0 Å². The van der Waals surface area contributed by atoms with Crippen molar-refractivity contribution in [2.45, 2.75) is 11.7 Å². The molecule has 0 atom stereocenters. The molecular formula is C23H23N5O5S2. The molecule has 0 spiro atoms. The number of rotatable bonds is 10. The molecule has 0 aliphatic heterocycles. The Morgan fingerprint density at radius 3 is 2.57 bits per heavy atom. The largest absolute Gasteiger partial charge is 0.497 e. The van der Waals surface area contributed by atoms with E-state index in [0.29, 0.717) is 40.4 Å². The van der Waals surface area contributed by atoms with Crippen LogP contribution in [-0.2, 0) is 21.4 Å². The van der Waals surface area contributed by atoms with Crippen LogP contribution in [0.4, 0.5) is 11.4 Å². The molecular weight excluding hydrogens is 490 g/mol. The monoisotopic (exact) mass is 513 g/mol. The normalized spacial score (nSPS) is 11.3. The van der Waals surface area contributed by atoms with Crippen molar-refractivity contribution in [2.24, 2.45) is 0 Å². The zero-order valence-electron chi connectivity index (χ0n) is 19.0. The van der Waals surface area contributed by atoms with Crippen molar-refractivity contribution >= 4 is 39.1 Å². The lowest BCUT2D eigenvalue weighted by Crippen LogP contribution is -2.15. The lowest BCUT2D eigenvalue weighted by molar-refractivity contribution is -0.113. The number of carbonyl (C=O) groups excluding carboxylic acids is 1. The Labute approximate surface area is 206 Å². The molecule has 0 radical (unpaired) electrons. The third-order valence-corrected chi connectivity index (χ3v) is 6.32. The minimum atomic E-state index is -3.38. The summed E-state index contributed by atoms with van der Waals surface area (Å²) in [6.07, 6.45) is 2.67. The fourth-order valence-corrected chi connectivity index (χ4v) is 4.54. The third kappa shape index (κ3) is 6.64. The highest BCUT2D eigenvalue weighted by Gasteiger charge is 2.17. The SMILES string of the molecule is COc1cccc(NC(=O)CSc2nnc(-c3ccc(NS(C)(=O)=O)cc3)n2Cc2ccco2)c1. The number of methoxy groups -OCH3 is 1. The fraction of sp³-hybridized carbons (Fsp3) is 0.174. The molecule has 35 heavy (non-hydrogen) atoms. The number of sulfonamides is 1. The van der Waals surface area contributed by atoms with Gasteiger partial charge in [-0.1, -0.05) is 17.8 Å². The van der Waals surface area contributed by atoms with Crippen molar-refractivity contribution in [1.82, 2.24) is 14.8 Å². The minimum absolute atomic E-state index is 0.116. The molecule has 10 nitrogen and oxygen atoms in total. The first-order chi connectivity index (χ1) is 16.8. The average Bonchev–Trinajstić information content (AvgIpc) is 3.48. The number of nitrogens with zero attached hydrogens (tertiary/aromatic N) is 3. The number of hydrogen-bond donors (Lipinski definition) is 2. The molecule has 182 valence electrons. The summed E-state index contributed by atoms with van der Waals surface area (Å²) in [4.78, 5) is 12.5. The molecule has 2 heterocycles. The number of carbonyl (C=O) groups is 1. The van der Waals surface area contributed by atoms with Gasteiger partial charge in [0.2, 0.25) is 15.9 Å². The van der Waals surface area contributed by atoms with Crippen LogP contribution >= 0.6 is 11.8 Å². The number of anilines is 2. The maximum Gasteiger partial charge on any atom is 0.234 e. The average molecular weight is 514 g/mol. The first-order valence-corrected chi connectivity index (χ1v) is 13.3. The van der Waals surface area contributed by atoms with Crippen LogP contribution in [0.5, 0.6) is 5.75 Å². The second kappa shape index (κ2) is 10.7. The van der Waals surface area contributed by atoms with Crippen molar-refractivity contribution in [1.29, 1.82) is 0 Å². The summed E-state index contributed by atoms with van der Waals surface area (Å²) < 4.78 is 37.9. The summed E-state index contributed by atoms with van der Waals surface area (Å²) >= 11 is 1.25. The number of benzene rings is 2. The number of hydrogen-bond acceptors (Lipinski definition) is 8. The van der Waals surface area contributed by atoms with Crippen LogP contribution in [-0.4, -0.2) is 48.2 Å². The molecule has 0 aliphatic carbocycles. The third-order valence-electron chi connectivity index (χ3n) is 4.74. The smallest absolute Gasteiger partial charge is 0.234 e. The van der Waals surface area contributed by atoms with Gasteiger partial charge >= 0.3 is 0 Å². The highest BCUT2D eigenvalue weighted by Crippen LogP contribution is 2.27. The number of amides is 1. The van der Waals surface area contributed by atoms with Gasteiger partial charge in [-0.2, -0.15) is 0 Å². The summed E-state index contributed by atoms with van der Waals surface area (Å²) in [7, 11) is -1.81. The lowest BCUT2D eigenvalue weighted by atomic mass is 10.2. The van der Waals surface area contributed by atoms with E-state index in [1.165, 1.54) is 11.8 Å². The van der Waals surface area contributed by atoms with Crippen molar-refractivity contribution in [3.8, 4) is 17.1 Å². The predicted molar refractivity (Wildman–Crippen MR) is 134 cm³/mol. The number of furan rings is 1. The van der Waals surface area contributed by atoms with Gasteiger partial charge in [0.05, 0.1) is 31.9 Å². The molecule has 2 aromatic heterocycles. The molecule has 0 aliphatic rings. The van der Waals surface area contributed by atoms with E-state index in [-0.39, 0.29) is 11.7 Å². The van der Waals surface area contributed by atoms with Gasteiger partial charge in [0.15, 0.2) is 11.0 Å². The van der Waals surface area contributed by atoms with Crippen LogP contribution in [0.1, 0.15) is 5.76 Å². The fourth-order valence-electron chi connectivity index (χ4n) is 3.24. The molecule has 0 saturated heterocycles. The zero-order chi connectivity index (χ0) is 24.8. The van der Waals surface area contributed by atoms with E-state index in [9.17, 15) is 13.2 Å². The van der Waals surface area contributed by atoms with Crippen LogP contribution in [0.2, 0.25) is 0 Å². The zero-order valence-corrected chi connectivity index (χ0v) is 20.6. The predicted octanol–water partition coefficient (Wildman–Crippen LogP) is 3.70. The summed E-state index contributed by atoms with van der Waals surface area (Å²) in [5.41, 5.74) is 1.81. The van der Waals surface area contributed by atoms with Crippen molar-refractivity contribution in [3.05, 3.63) is 72.7 Å². The number of nitrogens with one attached hydrogen (secondary N) is 2. The molecule has 4 rings (SSSR count). The summed E-state index contributed by atoms with van der Waals surface area (Å²) in [5, 5.41) is 12.0. The van der Waals surface area contributed by atoms with Gasteiger partial charge < -0.3 is 14.5 Å². The molecule has 4 aromatic rings. The van der Waals surface area contributed by atoms with Gasteiger partial charge in [-0.05, 0) is 48.5 Å². The molecule has 0 unspecified atom stereocenters. The highest BCUT2D eigenvalue weighted by atomic mass is 32.2. The van der Waals surface area contributed by atoms with Crippen LogP contribution in [0, 0.1) is 0 Å². The molecule has 2 N–H and O–H groups in total. The standard InChI is InChI=1S/C23H23N5O5S2/c1-32-19-6-3-5-18(13-19)24-21(29)15-34-23-26-25-22(28(23)14-20-7-4-12-33-20)16-8-10-17(11-9-16)27-35(2,30)31/h3-13,27H,14-15H2,1-2H3,(H,24,29). The van der Waals surface area contributed by atoms with Gasteiger partial charge in [-0.25, -0.2) is 8.42 Å². The van der Waals surface area contributed by atoms with Gasteiger partial charge in [0.1, 0.15) is 11.5 Å². The van der Waals surface area contributed by atoms with Gasteiger partial charge in [-0.3, -0.25) is 14.1 Å². The molecule has 12 heteroatoms. The molecule has 0 fully saturated rings. The van der Waals surface area contributed by atoms with E-state index in [2.05, 4.69) is 20.2 Å². The van der Waals surface area contributed by atoms with Gasteiger partial charge in [0, 0.05) is 23.0 Å². The second-order valence-electron chi connectivity index (χ2n) is 7.49. The number of aromatic nitrogens is 3. The number of thioether (sulfide) groups is 1. The van der Waals surface area contributed by atoms with E-state index in [4.69, 9.17) is 9.15 Å². The Hall–Kier alpha value is -3.77. The van der Waals surface area contributed by atoms with E-state index in [1.54, 1.807) is 68.0 Å². The van der Waals surface area contributed by atoms with E-state index >= 15 is 0 Å². The Morgan fingerprint density at radius 2 is 1.89 bits per heavy atom. The first kappa shape index (κ1) is 24.4. The quantitative estimate of drug-likeness (QED) is 0.307. The summed E-state index contributed by atoms with van der Waals surface area (Å²) in [6.45, 7) is 0.360. The highest BCUT2D eigenvalue weighted by molar-refractivity contribution is 7.99. The van der Waals surface area contributed by atoms with E-state index in [0.717, 1.165) is 11.8 Å². The van der Waals surface area contributed by atoms with Crippen LogP contribution in [0.3, 0.4) is 0 Å². The Balaban J connectivity index is 1.52. The van der Waals surface area contributed by atoms with Gasteiger partial charge in [-0.15, -0.1) is 10.2 Å². The Morgan fingerprint density at radius 1 is 1.09 bits per heavy atom. The second-order valence-corrected chi connectivity index (χ2v) is 10.2. The first-order valence-electron chi connectivity index (χ1n) is 10.4. The van der Waals surface area contributed by atoms with Crippen LogP contribution < -0.4 is 14.8 Å². The molecule has 0 bridgehead atoms. The van der Waals surface area contributed by atoms with Crippen LogP contribution in [0.15, 0.2) is 76.5 Å². The topological polar surface area (TPSA) is 128 Å². The van der Waals surface area contributed by atoms with Gasteiger partial charge in [0.25, 0.3) is 0 Å². The molecule has 2 aromatic carbocycles. The van der Waals surface area contributed by atoms with Crippen molar-refractivity contribution in [3.63, 3.8) is 0 Å². The minimum Gasteiger partial charge on any atom is -0.497 e. The Kier molecular flexibility index (Phi) is 7.42. The van der Waals surface area contributed by atoms with Crippen LogP contribution in [0.25, 0.3) is 11.4 Å². The number of ether oxygens (including phenoxy) is 1. The molecule has 0 saturated carbocycles.